The molecule has 2 aromatic rings. The maximum absolute atomic E-state index is 13.5. The van der Waals surface area contributed by atoms with Crippen LogP contribution in [0.5, 0.6) is 17.2 Å². The summed E-state index contributed by atoms with van der Waals surface area (Å²) in [5, 5.41) is 9.55. The first-order valence-corrected chi connectivity index (χ1v) is 11.3. The van der Waals surface area contributed by atoms with Crippen molar-refractivity contribution in [3.05, 3.63) is 40.1 Å². The molecule has 1 aliphatic carbocycles. The van der Waals surface area contributed by atoms with Crippen molar-refractivity contribution in [1.29, 1.82) is 0 Å². The number of nitrogens with one attached hydrogen (secondary N) is 2. The molecule has 2 unspecified atom stereocenters. The molecular weight excluding hydrogens is 480 g/mol. The highest BCUT2D eigenvalue weighted by Gasteiger charge is 2.60. The average Bonchev–Trinajstić information content (AvgIpc) is 3.39. The molecule has 0 radical (unpaired) electrons. The fourth-order valence-electron chi connectivity index (χ4n) is 4.26. The van der Waals surface area contributed by atoms with Gasteiger partial charge >= 0.3 is 0 Å². The van der Waals surface area contributed by atoms with Crippen molar-refractivity contribution >= 4 is 29.1 Å². The van der Waals surface area contributed by atoms with Crippen LogP contribution in [0.15, 0.2) is 22.4 Å². The fraction of sp³-hybridized carbons (Fsp3) is 0.435. The minimum absolute atomic E-state index is 0.0750. The average molecular weight is 505 g/mol. The summed E-state index contributed by atoms with van der Waals surface area (Å²) in [6.45, 7) is 3.87. The van der Waals surface area contributed by atoms with E-state index in [2.05, 4.69) is 20.8 Å². The Labute approximate surface area is 206 Å². The number of benzene rings is 1. The van der Waals surface area contributed by atoms with E-state index in [1.165, 1.54) is 26.4 Å². The number of methoxy groups -OCH3 is 2. The van der Waals surface area contributed by atoms with Gasteiger partial charge in [0, 0.05) is 36.7 Å². The summed E-state index contributed by atoms with van der Waals surface area (Å²) in [7, 11) is 2.84. The van der Waals surface area contributed by atoms with Gasteiger partial charge in [-0.2, -0.15) is 4.98 Å². The molecule has 186 valence electrons. The molecule has 11 nitrogen and oxygen atoms in total. The molecule has 2 atom stereocenters. The zero-order chi connectivity index (χ0) is 25.3. The first kappa shape index (κ1) is 24.5. The quantitative estimate of drug-likeness (QED) is 0.513. The Morgan fingerprint density at radius 1 is 1.29 bits per heavy atom. The van der Waals surface area contributed by atoms with Crippen molar-refractivity contribution in [3.63, 3.8) is 0 Å². The van der Waals surface area contributed by atoms with Gasteiger partial charge in [0.15, 0.2) is 11.6 Å². The van der Waals surface area contributed by atoms with Crippen LogP contribution in [0.3, 0.4) is 0 Å². The van der Waals surface area contributed by atoms with Crippen LogP contribution in [0, 0.1) is 12.8 Å². The molecule has 2 N–H and O–H groups in total. The van der Waals surface area contributed by atoms with Crippen molar-refractivity contribution in [2.24, 2.45) is 5.92 Å². The molecule has 1 aromatic carbocycles. The highest BCUT2D eigenvalue weighted by molar-refractivity contribution is 6.36. The standard InChI is InChI=1S/C23H25ClN4O7/c1-11-7-13(25-6-5-17(30)26-10-18-27-12(2)28-35-18)8-16(29)23(11)22(31)19-14(32-3)9-15(33-4)20(24)21(19)34-23/h8-9,11,25H,5-7,10H2,1-4H3,(H,26,30). The van der Waals surface area contributed by atoms with E-state index in [1.807, 2.05) is 0 Å². The zero-order valence-electron chi connectivity index (χ0n) is 19.7. The largest absolute Gasteiger partial charge is 0.496 e. The van der Waals surface area contributed by atoms with Gasteiger partial charge in [-0.3, -0.25) is 14.4 Å². The van der Waals surface area contributed by atoms with E-state index >= 15 is 0 Å². The van der Waals surface area contributed by atoms with Crippen LogP contribution in [0.25, 0.3) is 0 Å². The molecule has 1 amide bonds. The second-order valence-electron chi connectivity index (χ2n) is 8.29. The number of halogens is 1. The number of aryl methyl sites for hydroxylation is 1. The summed E-state index contributed by atoms with van der Waals surface area (Å²) in [4.78, 5) is 42.8. The first-order valence-electron chi connectivity index (χ1n) is 10.9. The molecule has 35 heavy (non-hydrogen) atoms. The van der Waals surface area contributed by atoms with Crippen LogP contribution in [-0.2, 0) is 16.1 Å². The molecule has 4 rings (SSSR count). The maximum Gasteiger partial charge on any atom is 0.246 e. The van der Waals surface area contributed by atoms with Crippen LogP contribution in [0.4, 0.5) is 0 Å². The van der Waals surface area contributed by atoms with Gasteiger partial charge in [0.2, 0.25) is 29.0 Å². The third kappa shape index (κ3) is 4.31. The van der Waals surface area contributed by atoms with Gasteiger partial charge in [-0.1, -0.05) is 23.7 Å². The van der Waals surface area contributed by atoms with Crippen LogP contribution in [-0.4, -0.2) is 54.0 Å². The molecule has 0 fully saturated rings. The number of hydrogen-bond acceptors (Lipinski definition) is 10. The van der Waals surface area contributed by atoms with Gasteiger partial charge in [-0.05, 0) is 13.3 Å². The third-order valence-electron chi connectivity index (χ3n) is 6.02. The summed E-state index contributed by atoms with van der Waals surface area (Å²) in [5.74, 6) is -0.364. The molecule has 0 saturated heterocycles. The Balaban J connectivity index is 1.43. The Morgan fingerprint density at radius 3 is 2.66 bits per heavy atom. The van der Waals surface area contributed by atoms with Crippen LogP contribution in [0.2, 0.25) is 5.02 Å². The molecule has 0 bridgehead atoms. The van der Waals surface area contributed by atoms with Crippen LogP contribution >= 0.6 is 11.6 Å². The summed E-state index contributed by atoms with van der Waals surface area (Å²) in [6, 6.07) is 1.49. The lowest BCUT2D eigenvalue weighted by atomic mass is 9.74. The van der Waals surface area contributed by atoms with E-state index in [9.17, 15) is 14.4 Å². The minimum atomic E-state index is -1.74. The summed E-state index contributed by atoms with van der Waals surface area (Å²) >= 11 is 6.39. The number of amides is 1. The number of fused-ring (bicyclic) bond motifs is 1. The van der Waals surface area contributed by atoms with Crippen LogP contribution in [0.1, 0.15) is 41.8 Å². The van der Waals surface area contributed by atoms with Gasteiger partial charge in [-0.15, -0.1) is 0 Å². The van der Waals surface area contributed by atoms with Crippen molar-refractivity contribution in [1.82, 2.24) is 20.8 Å². The second-order valence-corrected chi connectivity index (χ2v) is 8.67. The van der Waals surface area contributed by atoms with E-state index in [0.717, 1.165) is 0 Å². The topological polar surface area (TPSA) is 142 Å². The van der Waals surface area contributed by atoms with Crippen molar-refractivity contribution in [3.8, 4) is 17.2 Å². The lowest BCUT2D eigenvalue weighted by molar-refractivity contribution is -0.129. The third-order valence-corrected chi connectivity index (χ3v) is 6.38. The van der Waals surface area contributed by atoms with Gasteiger partial charge in [0.25, 0.3) is 0 Å². The molecular formula is C23H25ClN4O7. The molecule has 1 aliphatic heterocycles. The van der Waals surface area contributed by atoms with Gasteiger partial charge in [0.1, 0.15) is 22.1 Å². The Kier molecular flexibility index (Phi) is 6.70. The number of ketones is 2. The second kappa shape index (κ2) is 9.57. The summed E-state index contributed by atoms with van der Waals surface area (Å²) < 4.78 is 21.6. The molecule has 2 heterocycles. The SMILES string of the molecule is COc1cc(OC)c2c(c1Cl)OC1(C(=O)C=C(NCCC(=O)NCc3nc(C)no3)CC1C)C2=O. The lowest BCUT2D eigenvalue weighted by Crippen LogP contribution is -2.55. The number of Topliss-reactive ketones (excluding diaryl/α,β-unsaturated/α-hetero) is 1. The van der Waals surface area contributed by atoms with E-state index in [4.69, 9.17) is 30.3 Å². The van der Waals surface area contributed by atoms with E-state index in [-0.39, 0.29) is 46.7 Å². The predicted octanol–water partition coefficient (Wildman–Crippen LogP) is 2.15. The Hall–Kier alpha value is -3.60. The van der Waals surface area contributed by atoms with Crippen molar-refractivity contribution in [2.45, 2.75) is 38.8 Å². The number of carbonyl (C=O) groups is 3. The number of aromatic nitrogens is 2. The number of ether oxygens (including phenoxy) is 3. The predicted molar refractivity (Wildman–Crippen MR) is 123 cm³/mol. The number of rotatable bonds is 8. The van der Waals surface area contributed by atoms with E-state index < -0.39 is 23.1 Å². The smallest absolute Gasteiger partial charge is 0.246 e. The normalized spacial score (nSPS) is 20.8. The van der Waals surface area contributed by atoms with Gasteiger partial charge < -0.3 is 29.4 Å². The molecule has 12 heteroatoms. The van der Waals surface area contributed by atoms with Crippen molar-refractivity contribution in [2.75, 3.05) is 20.8 Å². The number of nitrogens with zero attached hydrogens (tertiary/aromatic N) is 2. The Bertz CT molecular complexity index is 1220. The minimum Gasteiger partial charge on any atom is -0.496 e. The monoisotopic (exact) mass is 504 g/mol. The Morgan fingerprint density at radius 2 is 2.03 bits per heavy atom. The van der Waals surface area contributed by atoms with E-state index in [1.54, 1.807) is 13.8 Å². The van der Waals surface area contributed by atoms with Crippen molar-refractivity contribution < 1.29 is 33.1 Å². The highest BCUT2D eigenvalue weighted by Crippen LogP contribution is 2.52. The molecule has 2 aliphatic rings. The number of allylic oxidation sites excluding steroid dienone is 1. The number of hydrogen-bond donors (Lipinski definition) is 2. The fourth-order valence-corrected chi connectivity index (χ4v) is 4.53. The summed E-state index contributed by atoms with van der Waals surface area (Å²) in [5.41, 5.74) is -1.01. The van der Waals surface area contributed by atoms with Gasteiger partial charge in [0.05, 0.1) is 20.8 Å². The molecule has 1 spiro atoms. The molecule has 0 saturated carbocycles. The van der Waals surface area contributed by atoms with E-state index in [0.29, 0.717) is 30.4 Å². The zero-order valence-corrected chi connectivity index (χ0v) is 20.4. The maximum atomic E-state index is 13.5. The number of carbonyl (C=O) groups excluding carboxylic acids is 3. The van der Waals surface area contributed by atoms with Gasteiger partial charge in [-0.25, -0.2) is 0 Å². The molecule has 1 aromatic heterocycles. The lowest BCUT2D eigenvalue weighted by Gasteiger charge is -2.35. The highest BCUT2D eigenvalue weighted by atomic mass is 35.5. The summed E-state index contributed by atoms with van der Waals surface area (Å²) in [6.07, 6.45) is 1.86. The first-order chi connectivity index (χ1) is 16.7. The van der Waals surface area contributed by atoms with Crippen LogP contribution < -0.4 is 24.8 Å².